The Morgan fingerprint density at radius 2 is 1.44 bits per heavy atom. The third kappa shape index (κ3) is 3.32. The summed E-state index contributed by atoms with van der Waals surface area (Å²) < 4.78 is 89.1. The molecule has 3 aromatic rings. The van der Waals surface area contributed by atoms with E-state index in [1.54, 1.807) is 13.0 Å². The van der Waals surface area contributed by atoms with Crippen molar-refractivity contribution in [1.82, 2.24) is 4.98 Å². The number of aromatic nitrogens is 1. The van der Waals surface area contributed by atoms with Crippen LogP contribution in [0.5, 0.6) is 0 Å². The van der Waals surface area contributed by atoms with Gasteiger partial charge in [-0.05, 0) is 37.5 Å². The highest BCUT2D eigenvalue weighted by atomic mass is 32.1. The Morgan fingerprint density at radius 3 is 2.00 bits per heavy atom. The smallest absolute Gasteiger partial charge is 0.246 e. The van der Waals surface area contributed by atoms with Crippen molar-refractivity contribution in [3.63, 3.8) is 0 Å². The fourth-order valence-corrected chi connectivity index (χ4v) is 6.23. The minimum absolute atomic E-state index is 0.0474. The van der Waals surface area contributed by atoms with Crippen molar-refractivity contribution in [1.29, 1.82) is 0 Å². The van der Waals surface area contributed by atoms with E-state index in [-0.39, 0.29) is 21.0 Å². The molecule has 0 aliphatic heterocycles. The van der Waals surface area contributed by atoms with E-state index in [2.05, 4.69) is 4.98 Å². The summed E-state index contributed by atoms with van der Waals surface area (Å²) >= 11 is 1.62. The molecule has 0 radical (unpaired) electrons. The number of thiazole rings is 1. The van der Waals surface area contributed by atoms with E-state index in [4.69, 9.17) is 0 Å². The Balaban J connectivity index is 1.95. The molecule has 0 spiro atoms. The zero-order chi connectivity index (χ0) is 23.5. The summed E-state index contributed by atoms with van der Waals surface area (Å²) in [7, 11) is 0. The lowest BCUT2D eigenvalue weighted by molar-refractivity contribution is -0.254. The normalized spacial score (nSPS) is 19.0. The molecule has 1 nitrogen and oxygen atoms in total. The molecule has 0 saturated heterocycles. The molecule has 0 amide bonds. The van der Waals surface area contributed by atoms with Crippen LogP contribution < -0.4 is 0 Å². The average Bonchev–Trinajstić information content (AvgIpc) is 3.30. The second-order valence-electron chi connectivity index (χ2n) is 7.74. The van der Waals surface area contributed by atoms with E-state index in [9.17, 15) is 17.6 Å². The van der Waals surface area contributed by atoms with E-state index in [1.807, 2.05) is 30.3 Å². The number of alkyl halides is 6. The van der Waals surface area contributed by atoms with Crippen LogP contribution in [0, 0.1) is 13.8 Å². The van der Waals surface area contributed by atoms with E-state index in [0.717, 1.165) is 28.2 Å². The largest absolute Gasteiger partial charge is 0.380 e. The molecule has 2 aromatic heterocycles. The third-order valence-electron chi connectivity index (χ3n) is 5.45. The summed E-state index contributed by atoms with van der Waals surface area (Å²) in [5.41, 5.74) is -1.39. The van der Waals surface area contributed by atoms with Gasteiger partial charge in [0.15, 0.2) is 0 Å². The third-order valence-corrected chi connectivity index (χ3v) is 8.03. The monoisotopic (exact) mass is 487 g/mol. The van der Waals surface area contributed by atoms with Gasteiger partial charge in [0.25, 0.3) is 0 Å². The SMILES string of the molecule is CCc1nc(C)c(C2=C(c3sc(Cc4ccccc4)cc3C)C(F)(F)C(F)(F)C2(F)F)s1. The van der Waals surface area contributed by atoms with Crippen molar-refractivity contribution in [3.8, 4) is 0 Å². The summed E-state index contributed by atoms with van der Waals surface area (Å²) in [6, 6.07) is 10.8. The lowest BCUT2D eigenvalue weighted by Gasteiger charge is -2.25. The van der Waals surface area contributed by atoms with Gasteiger partial charge >= 0.3 is 17.8 Å². The van der Waals surface area contributed by atoms with Crippen molar-refractivity contribution in [2.45, 2.75) is 51.4 Å². The molecule has 0 fully saturated rings. The van der Waals surface area contributed by atoms with Gasteiger partial charge in [0.2, 0.25) is 0 Å². The van der Waals surface area contributed by atoms with Gasteiger partial charge in [-0.15, -0.1) is 22.7 Å². The molecule has 4 rings (SSSR count). The van der Waals surface area contributed by atoms with Crippen molar-refractivity contribution in [2.75, 3.05) is 0 Å². The summed E-state index contributed by atoms with van der Waals surface area (Å²) in [5, 5.41) is 0.423. The minimum Gasteiger partial charge on any atom is -0.246 e. The van der Waals surface area contributed by atoms with Crippen LogP contribution >= 0.6 is 22.7 Å². The standard InChI is InChI=1S/C23H19F6NS2/c1-4-16-30-13(3)20(32-16)18-17(21(24,25)23(28,29)22(18,26)27)19-12(2)10-15(31-19)11-14-8-6-5-7-9-14/h5-10H,4,11H2,1-3H3. The lowest BCUT2D eigenvalue weighted by atomic mass is 10.0. The van der Waals surface area contributed by atoms with Crippen LogP contribution in [0.2, 0.25) is 0 Å². The number of rotatable bonds is 5. The van der Waals surface area contributed by atoms with Gasteiger partial charge in [0.1, 0.15) is 0 Å². The van der Waals surface area contributed by atoms with E-state index >= 15 is 8.78 Å². The highest BCUT2D eigenvalue weighted by molar-refractivity contribution is 7.14. The number of halogens is 6. The van der Waals surface area contributed by atoms with Crippen molar-refractivity contribution in [3.05, 3.63) is 72.9 Å². The molecule has 9 heteroatoms. The molecule has 0 saturated carbocycles. The fourth-order valence-electron chi connectivity index (χ4n) is 3.85. The van der Waals surface area contributed by atoms with Gasteiger partial charge in [-0.3, -0.25) is 0 Å². The second-order valence-corrected chi connectivity index (χ2v) is 9.96. The summed E-state index contributed by atoms with van der Waals surface area (Å²) in [4.78, 5) is 4.19. The van der Waals surface area contributed by atoms with Crippen molar-refractivity contribution in [2.24, 2.45) is 0 Å². The average molecular weight is 488 g/mol. The molecule has 1 aliphatic carbocycles. The number of hydrogen-bond acceptors (Lipinski definition) is 3. The molecule has 0 bridgehead atoms. The van der Waals surface area contributed by atoms with Gasteiger partial charge in [0.05, 0.1) is 26.7 Å². The maximum absolute atomic E-state index is 15.0. The fraction of sp³-hybridized carbons (Fsp3) is 0.348. The number of nitrogens with zero attached hydrogens (tertiary/aromatic N) is 1. The second kappa shape index (κ2) is 7.73. The maximum Gasteiger partial charge on any atom is 0.380 e. The Labute approximate surface area is 189 Å². The molecule has 1 aromatic carbocycles. The highest BCUT2D eigenvalue weighted by Crippen LogP contribution is 2.66. The predicted octanol–water partition coefficient (Wildman–Crippen LogP) is 7.80. The number of hydrogen-bond donors (Lipinski definition) is 0. The number of aryl methyl sites for hydroxylation is 3. The molecule has 2 heterocycles. The summed E-state index contributed by atoms with van der Waals surface area (Å²) in [5.74, 6) is -15.6. The number of benzene rings is 1. The zero-order valence-electron chi connectivity index (χ0n) is 17.4. The first-order chi connectivity index (χ1) is 14.9. The van der Waals surface area contributed by atoms with Crippen LogP contribution in [-0.4, -0.2) is 22.8 Å². The highest BCUT2D eigenvalue weighted by Gasteiger charge is 2.80. The molecule has 32 heavy (non-hydrogen) atoms. The Bertz CT molecular complexity index is 1190. The van der Waals surface area contributed by atoms with Gasteiger partial charge in [-0.2, -0.15) is 26.3 Å². The van der Waals surface area contributed by atoms with E-state index in [0.29, 0.717) is 22.7 Å². The van der Waals surface area contributed by atoms with Crippen LogP contribution in [0.4, 0.5) is 26.3 Å². The van der Waals surface area contributed by atoms with Crippen LogP contribution in [0.25, 0.3) is 11.1 Å². The first-order valence-corrected chi connectivity index (χ1v) is 11.5. The molecule has 170 valence electrons. The molecule has 0 atom stereocenters. The topological polar surface area (TPSA) is 12.9 Å². The van der Waals surface area contributed by atoms with Gasteiger partial charge in [-0.1, -0.05) is 37.3 Å². The first kappa shape index (κ1) is 23.0. The van der Waals surface area contributed by atoms with Gasteiger partial charge in [-0.25, -0.2) is 4.98 Å². The van der Waals surface area contributed by atoms with Gasteiger partial charge < -0.3 is 0 Å². The molecular weight excluding hydrogens is 468 g/mol. The quantitative estimate of drug-likeness (QED) is 0.335. The number of allylic oxidation sites excluding steroid dienone is 2. The minimum atomic E-state index is -5.55. The van der Waals surface area contributed by atoms with Crippen LogP contribution in [0.3, 0.4) is 0 Å². The maximum atomic E-state index is 15.0. The zero-order valence-corrected chi connectivity index (χ0v) is 19.0. The van der Waals surface area contributed by atoms with Gasteiger partial charge in [0, 0.05) is 16.2 Å². The predicted molar refractivity (Wildman–Crippen MR) is 116 cm³/mol. The Kier molecular flexibility index (Phi) is 5.56. The molecular formula is C23H19F6NS2. The van der Waals surface area contributed by atoms with Crippen LogP contribution in [-0.2, 0) is 12.8 Å². The lowest BCUT2D eigenvalue weighted by Crippen LogP contribution is -2.48. The molecule has 1 aliphatic rings. The van der Waals surface area contributed by atoms with Crippen LogP contribution in [0.1, 0.15) is 43.4 Å². The van der Waals surface area contributed by atoms with Crippen molar-refractivity contribution >= 4 is 33.8 Å². The molecule has 0 N–H and O–H groups in total. The van der Waals surface area contributed by atoms with Crippen LogP contribution in [0.15, 0.2) is 36.4 Å². The van der Waals surface area contributed by atoms with E-state index in [1.165, 1.54) is 13.8 Å². The number of thiophene rings is 1. The summed E-state index contributed by atoms with van der Waals surface area (Å²) in [6.45, 7) is 4.58. The summed E-state index contributed by atoms with van der Waals surface area (Å²) in [6.07, 6.45) is 0.763. The first-order valence-electron chi connectivity index (χ1n) is 9.90. The Hall–Kier alpha value is -2.13. The van der Waals surface area contributed by atoms with Crippen molar-refractivity contribution < 1.29 is 26.3 Å². The molecule has 0 unspecified atom stereocenters. The Morgan fingerprint density at radius 1 is 0.844 bits per heavy atom. The van der Waals surface area contributed by atoms with E-state index < -0.39 is 28.9 Å².